The van der Waals surface area contributed by atoms with Crippen molar-refractivity contribution in [1.82, 2.24) is 4.40 Å². The molecule has 1 aromatic carbocycles. The number of aromatic nitrogens is 1. The molecule has 3 rings (SSSR count). The van der Waals surface area contributed by atoms with Gasteiger partial charge < -0.3 is 9.14 Å². The molecular weight excluding hydrogens is 326 g/mol. The number of ether oxygens (including phenoxy) is 1. The van der Waals surface area contributed by atoms with Crippen LogP contribution in [0.3, 0.4) is 0 Å². The Labute approximate surface area is 153 Å². The predicted octanol–water partition coefficient (Wildman–Crippen LogP) is 4.58. The molecule has 26 heavy (non-hydrogen) atoms. The van der Waals surface area contributed by atoms with E-state index in [1.54, 1.807) is 13.0 Å². The zero-order chi connectivity index (χ0) is 19.0. The first-order valence-corrected chi connectivity index (χ1v) is 8.74. The minimum Gasteiger partial charge on any atom is -0.462 e. The highest BCUT2D eigenvalue weighted by Crippen LogP contribution is 2.25. The van der Waals surface area contributed by atoms with Crippen molar-refractivity contribution in [2.75, 3.05) is 6.61 Å². The van der Waals surface area contributed by atoms with Crippen LogP contribution in [0.4, 0.5) is 0 Å². The maximum Gasteiger partial charge on any atom is 0.340 e. The summed E-state index contributed by atoms with van der Waals surface area (Å²) in [5.74, 6) is -0.510. The summed E-state index contributed by atoms with van der Waals surface area (Å²) >= 11 is 0. The van der Waals surface area contributed by atoms with Crippen molar-refractivity contribution in [3.05, 3.63) is 75.6 Å². The van der Waals surface area contributed by atoms with Crippen LogP contribution in [0.2, 0.25) is 0 Å². The van der Waals surface area contributed by atoms with Crippen molar-refractivity contribution < 1.29 is 14.3 Å². The zero-order valence-electron chi connectivity index (χ0n) is 15.8. The fourth-order valence-corrected chi connectivity index (χ4v) is 3.51. The van der Waals surface area contributed by atoms with Gasteiger partial charge >= 0.3 is 5.97 Å². The number of pyridine rings is 1. The van der Waals surface area contributed by atoms with Gasteiger partial charge in [0.05, 0.1) is 23.4 Å². The molecule has 0 N–H and O–H groups in total. The van der Waals surface area contributed by atoms with Gasteiger partial charge in [0.1, 0.15) is 0 Å². The van der Waals surface area contributed by atoms with Crippen LogP contribution in [0, 0.1) is 27.7 Å². The Morgan fingerprint density at radius 3 is 2.19 bits per heavy atom. The van der Waals surface area contributed by atoms with Crippen LogP contribution in [0.5, 0.6) is 0 Å². The maximum absolute atomic E-state index is 13.2. The smallest absolute Gasteiger partial charge is 0.340 e. The van der Waals surface area contributed by atoms with Gasteiger partial charge in [-0.05, 0) is 63.9 Å². The first-order chi connectivity index (χ1) is 12.3. The van der Waals surface area contributed by atoms with E-state index in [1.165, 1.54) is 0 Å². The molecule has 4 heteroatoms. The van der Waals surface area contributed by atoms with Gasteiger partial charge in [-0.3, -0.25) is 4.79 Å². The van der Waals surface area contributed by atoms with Gasteiger partial charge in [-0.2, -0.15) is 0 Å². The lowest BCUT2D eigenvalue weighted by atomic mass is 10.0. The lowest BCUT2D eigenvalue weighted by molar-refractivity contribution is 0.0528. The molecule has 0 aliphatic heterocycles. The minimum atomic E-state index is -0.406. The van der Waals surface area contributed by atoms with Gasteiger partial charge in [0.25, 0.3) is 0 Å². The molecule has 134 valence electrons. The van der Waals surface area contributed by atoms with E-state index in [4.69, 9.17) is 4.74 Å². The standard InChI is InChI=1S/C22H23NO3/c1-6-26-22(25)18-11-19(23-12-15(4)8-16(5)20(18)23)21(24)17-9-13(2)7-14(3)10-17/h7-12H,6H2,1-5H3. The van der Waals surface area contributed by atoms with Crippen LogP contribution in [0.15, 0.2) is 36.5 Å². The van der Waals surface area contributed by atoms with E-state index in [0.717, 1.165) is 27.8 Å². The summed E-state index contributed by atoms with van der Waals surface area (Å²) in [6, 6.07) is 9.44. The number of fused-ring (bicyclic) bond motifs is 1. The highest BCUT2D eigenvalue weighted by atomic mass is 16.5. The molecule has 0 spiro atoms. The number of ketones is 1. The third-order valence-corrected chi connectivity index (χ3v) is 4.40. The Morgan fingerprint density at radius 2 is 1.58 bits per heavy atom. The number of aryl methyl sites for hydroxylation is 4. The van der Waals surface area contributed by atoms with Crippen LogP contribution in [-0.4, -0.2) is 22.8 Å². The van der Waals surface area contributed by atoms with Crippen molar-refractivity contribution in [3.63, 3.8) is 0 Å². The van der Waals surface area contributed by atoms with Crippen molar-refractivity contribution in [3.8, 4) is 0 Å². The van der Waals surface area contributed by atoms with Gasteiger partial charge in [0.2, 0.25) is 5.78 Å². The summed E-state index contributed by atoms with van der Waals surface area (Å²) in [6.07, 6.45) is 1.89. The van der Waals surface area contributed by atoms with E-state index >= 15 is 0 Å². The number of esters is 1. The second kappa shape index (κ2) is 6.79. The molecule has 0 aliphatic rings. The first-order valence-electron chi connectivity index (χ1n) is 8.74. The quantitative estimate of drug-likeness (QED) is 0.512. The number of rotatable bonds is 4. The predicted molar refractivity (Wildman–Crippen MR) is 102 cm³/mol. The topological polar surface area (TPSA) is 47.8 Å². The summed E-state index contributed by atoms with van der Waals surface area (Å²) in [6.45, 7) is 9.92. The molecule has 0 saturated carbocycles. The molecule has 2 heterocycles. The van der Waals surface area contributed by atoms with Crippen LogP contribution in [0.25, 0.3) is 5.52 Å². The van der Waals surface area contributed by atoms with Gasteiger partial charge in [-0.25, -0.2) is 4.79 Å². The fourth-order valence-electron chi connectivity index (χ4n) is 3.51. The molecule has 2 aromatic heterocycles. The molecular formula is C22H23NO3. The van der Waals surface area contributed by atoms with Crippen molar-refractivity contribution in [2.45, 2.75) is 34.6 Å². The third kappa shape index (κ3) is 3.15. The summed E-state index contributed by atoms with van der Waals surface area (Å²) in [5.41, 5.74) is 6.28. The summed E-state index contributed by atoms with van der Waals surface area (Å²) in [7, 11) is 0. The first kappa shape index (κ1) is 17.9. The molecule has 3 aromatic rings. The van der Waals surface area contributed by atoms with Crippen LogP contribution in [0.1, 0.15) is 55.6 Å². The van der Waals surface area contributed by atoms with E-state index in [0.29, 0.717) is 23.4 Å². The van der Waals surface area contributed by atoms with E-state index in [9.17, 15) is 9.59 Å². The number of benzene rings is 1. The summed E-state index contributed by atoms with van der Waals surface area (Å²) in [4.78, 5) is 25.6. The van der Waals surface area contributed by atoms with Crippen LogP contribution in [-0.2, 0) is 4.74 Å². The SMILES string of the molecule is CCOC(=O)c1cc(C(=O)c2cc(C)cc(C)c2)n2cc(C)cc(C)c12. The van der Waals surface area contributed by atoms with Crippen molar-refractivity contribution >= 4 is 17.3 Å². The lowest BCUT2D eigenvalue weighted by Gasteiger charge is -2.08. The maximum atomic E-state index is 13.2. The monoisotopic (exact) mass is 349 g/mol. The van der Waals surface area contributed by atoms with E-state index < -0.39 is 5.97 Å². The number of nitrogens with zero attached hydrogens (tertiary/aromatic N) is 1. The second-order valence-electron chi connectivity index (χ2n) is 6.79. The minimum absolute atomic E-state index is 0.104. The van der Waals surface area contributed by atoms with Crippen LogP contribution >= 0.6 is 0 Å². The molecule has 0 atom stereocenters. The Balaban J connectivity index is 2.25. The molecule has 0 bridgehead atoms. The normalized spacial score (nSPS) is 11.0. The molecule has 0 saturated heterocycles. The second-order valence-corrected chi connectivity index (χ2v) is 6.79. The number of hydrogen-bond donors (Lipinski definition) is 0. The summed E-state index contributed by atoms with van der Waals surface area (Å²) in [5, 5.41) is 0. The molecule has 0 fully saturated rings. The van der Waals surface area contributed by atoms with Gasteiger partial charge in [-0.1, -0.05) is 23.3 Å². The van der Waals surface area contributed by atoms with E-state index in [-0.39, 0.29) is 5.78 Å². The summed E-state index contributed by atoms with van der Waals surface area (Å²) < 4.78 is 7.01. The van der Waals surface area contributed by atoms with Crippen LogP contribution < -0.4 is 0 Å². The Morgan fingerprint density at radius 1 is 0.923 bits per heavy atom. The molecule has 0 radical (unpaired) electrons. The Bertz CT molecular complexity index is 1010. The van der Waals surface area contributed by atoms with Gasteiger partial charge in [0.15, 0.2) is 0 Å². The Kier molecular flexibility index (Phi) is 4.68. The Hall–Kier alpha value is -2.88. The van der Waals surface area contributed by atoms with Gasteiger partial charge in [-0.15, -0.1) is 0 Å². The van der Waals surface area contributed by atoms with Gasteiger partial charge in [0, 0.05) is 11.8 Å². The zero-order valence-corrected chi connectivity index (χ0v) is 15.8. The molecule has 0 aliphatic carbocycles. The third-order valence-electron chi connectivity index (χ3n) is 4.40. The lowest BCUT2D eigenvalue weighted by Crippen LogP contribution is -2.06. The average Bonchev–Trinajstić information content (AvgIpc) is 2.93. The highest BCUT2D eigenvalue weighted by molar-refractivity contribution is 6.11. The van der Waals surface area contributed by atoms with Crippen molar-refractivity contribution in [1.29, 1.82) is 0 Å². The largest absolute Gasteiger partial charge is 0.462 e. The highest BCUT2D eigenvalue weighted by Gasteiger charge is 2.23. The average molecular weight is 349 g/mol. The molecule has 0 amide bonds. The number of carbonyl (C=O) groups excluding carboxylic acids is 2. The fraction of sp³-hybridized carbons (Fsp3) is 0.273. The van der Waals surface area contributed by atoms with E-state index in [2.05, 4.69) is 0 Å². The number of hydrogen-bond acceptors (Lipinski definition) is 3. The van der Waals surface area contributed by atoms with E-state index in [1.807, 2.05) is 62.6 Å². The molecule has 0 unspecified atom stereocenters. The number of carbonyl (C=O) groups is 2. The molecule has 4 nitrogen and oxygen atoms in total. The van der Waals surface area contributed by atoms with Crippen molar-refractivity contribution in [2.24, 2.45) is 0 Å².